The summed E-state index contributed by atoms with van der Waals surface area (Å²) >= 11 is 0. The fourth-order valence-electron chi connectivity index (χ4n) is 3.17. The molecule has 0 aliphatic carbocycles. The normalized spacial score (nSPS) is 16.0. The molecule has 1 unspecified atom stereocenters. The largest absolute Gasteiger partial charge is 0.383 e. The van der Waals surface area contributed by atoms with Crippen LogP contribution in [0, 0.1) is 5.92 Å². The Morgan fingerprint density at radius 1 is 1.35 bits per heavy atom. The minimum atomic E-state index is -0.0486. The fourth-order valence-corrected chi connectivity index (χ4v) is 3.17. The van der Waals surface area contributed by atoms with Gasteiger partial charge in [-0.15, -0.1) is 6.58 Å². The molecule has 1 aliphatic rings. The van der Waals surface area contributed by atoms with Gasteiger partial charge in [-0.2, -0.15) is 0 Å². The van der Waals surface area contributed by atoms with Gasteiger partial charge in [-0.05, 0) is 31.9 Å². The van der Waals surface area contributed by atoms with Crippen LogP contribution in [0.25, 0.3) is 0 Å². The number of likely N-dealkylation sites (tertiary alicyclic amines) is 1. The van der Waals surface area contributed by atoms with Crippen molar-refractivity contribution in [3.63, 3.8) is 0 Å². The molecule has 1 aromatic rings. The highest BCUT2D eigenvalue weighted by atomic mass is 16.5. The van der Waals surface area contributed by atoms with E-state index in [1.807, 2.05) is 36.1 Å². The van der Waals surface area contributed by atoms with E-state index in [4.69, 9.17) is 4.74 Å². The molecular weight excluding hydrogens is 330 g/mol. The maximum absolute atomic E-state index is 12.9. The molecule has 2 rings (SSSR count). The van der Waals surface area contributed by atoms with Crippen molar-refractivity contribution in [3.05, 3.63) is 42.5 Å². The topological polar surface area (TPSA) is 70.7 Å². The molecule has 0 spiro atoms. The molecular formula is C20H29N3O3. The zero-order valence-electron chi connectivity index (χ0n) is 15.7. The maximum Gasteiger partial charge on any atom is 0.255 e. The first kappa shape index (κ1) is 20.0. The van der Waals surface area contributed by atoms with Crippen molar-refractivity contribution in [2.45, 2.75) is 25.8 Å². The average molecular weight is 359 g/mol. The van der Waals surface area contributed by atoms with Gasteiger partial charge in [-0.3, -0.25) is 9.59 Å². The first-order valence-electron chi connectivity index (χ1n) is 9.09. The van der Waals surface area contributed by atoms with Crippen LogP contribution in [0.4, 0.5) is 5.69 Å². The summed E-state index contributed by atoms with van der Waals surface area (Å²) in [6, 6.07) is 7.49. The zero-order valence-corrected chi connectivity index (χ0v) is 15.7. The van der Waals surface area contributed by atoms with Crippen molar-refractivity contribution in [1.29, 1.82) is 0 Å². The van der Waals surface area contributed by atoms with Crippen LogP contribution in [0.5, 0.6) is 0 Å². The van der Waals surface area contributed by atoms with Crippen molar-refractivity contribution < 1.29 is 14.3 Å². The van der Waals surface area contributed by atoms with Gasteiger partial charge in [0, 0.05) is 44.4 Å². The number of methoxy groups -OCH3 is 1. The second kappa shape index (κ2) is 9.97. The number of anilines is 1. The van der Waals surface area contributed by atoms with Crippen molar-refractivity contribution in [2.75, 3.05) is 38.7 Å². The van der Waals surface area contributed by atoms with Crippen LogP contribution in [0.2, 0.25) is 0 Å². The van der Waals surface area contributed by atoms with Gasteiger partial charge in [-0.25, -0.2) is 0 Å². The minimum Gasteiger partial charge on any atom is -0.383 e. The Hall–Kier alpha value is -2.34. The van der Waals surface area contributed by atoms with Crippen molar-refractivity contribution >= 4 is 17.5 Å². The standard InChI is InChI=1S/C20H29N3O3/c1-4-11-21-18-8-6-5-7-17(18)20(25)23-12-9-16(10-13-23)19(24)22-15(2)14-26-3/h4-8,15-16,21H,1,9-14H2,2-3H3,(H,22,24). The fraction of sp³-hybridized carbons (Fsp3) is 0.500. The summed E-state index contributed by atoms with van der Waals surface area (Å²) in [4.78, 5) is 27.0. The summed E-state index contributed by atoms with van der Waals surface area (Å²) < 4.78 is 5.05. The Morgan fingerprint density at radius 2 is 2.04 bits per heavy atom. The van der Waals surface area contributed by atoms with Crippen molar-refractivity contribution in [2.24, 2.45) is 5.92 Å². The van der Waals surface area contributed by atoms with E-state index in [-0.39, 0.29) is 23.8 Å². The predicted octanol–water partition coefficient (Wildman–Crippen LogP) is 2.29. The number of rotatable bonds is 8. The van der Waals surface area contributed by atoms with E-state index < -0.39 is 0 Å². The number of hydrogen-bond acceptors (Lipinski definition) is 4. The molecule has 2 amide bonds. The lowest BCUT2D eigenvalue weighted by Gasteiger charge is -2.32. The number of carbonyl (C=O) groups is 2. The third kappa shape index (κ3) is 5.33. The number of piperidine rings is 1. The SMILES string of the molecule is C=CCNc1ccccc1C(=O)N1CCC(C(=O)NC(C)COC)CC1. The van der Waals surface area contributed by atoms with E-state index in [2.05, 4.69) is 17.2 Å². The molecule has 0 bridgehead atoms. The van der Waals surface area contributed by atoms with Gasteiger partial charge < -0.3 is 20.3 Å². The van der Waals surface area contributed by atoms with Gasteiger partial charge in [0.2, 0.25) is 5.91 Å². The van der Waals surface area contributed by atoms with Crippen LogP contribution < -0.4 is 10.6 Å². The van der Waals surface area contributed by atoms with Crippen LogP contribution in [0.1, 0.15) is 30.1 Å². The van der Waals surface area contributed by atoms with E-state index in [1.165, 1.54) is 0 Å². The third-order valence-corrected chi connectivity index (χ3v) is 4.55. The van der Waals surface area contributed by atoms with Crippen LogP contribution in [-0.4, -0.2) is 56.1 Å². The first-order valence-corrected chi connectivity index (χ1v) is 9.09. The summed E-state index contributed by atoms with van der Waals surface area (Å²) in [7, 11) is 1.62. The summed E-state index contributed by atoms with van der Waals surface area (Å²) in [5, 5.41) is 6.17. The highest BCUT2D eigenvalue weighted by Gasteiger charge is 2.29. The number of benzene rings is 1. The average Bonchev–Trinajstić information content (AvgIpc) is 2.66. The summed E-state index contributed by atoms with van der Waals surface area (Å²) in [5.74, 6) is 0.00552. The van der Waals surface area contributed by atoms with Gasteiger partial charge in [0.15, 0.2) is 0 Å². The van der Waals surface area contributed by atoms with E-state index in [0.717, 1.165) is 5.69 Å². The van der Waals surface area contributed by atoms with Gasteiger partial charge in [0.1, 0.15) is 0 Å². The smallest absolute Gasteiger partial charge is 0.255 e. The van der Waals surface area contributed by atoms with E-state index >= 15 is 0 Å². The monoisotopic (exact) mass is 359 g/mol. The molecule has 6 heteroatoms. The maximum atomic E-state index is 12.9. The summed E-state index contributed by atoms with van der Waals surface area (Å²) in [6.45, 7) is 7.90. The van der Waals surface area contributed by atoms with Crippen LogP contribution >= 0.6 is 0 Å². The predicted molar refractivity (Wildman–Crippen MR) is 103 cm³/mol. The molecule has 1 saturated heterocycles. The zero-order chi connectivity index (χ0) is 18.9. The Balaban J connectivity index is 1.92. The van der Waals surface area contributed by atoms with Gasteiger partial charge in [-0.1, -0.05) is 18.2 Å². The van der Waals surface area contributed by atoms with Gasteiger partial charge >= 0.3 is 0 Å². The van der Waals surface area contributed by atoms with Crippen LogP contribution in [0.3, 0.4) is 0 Å². The molecule has 26 heavy (non-hydrogen) atoms. The summed E-state index contributed by atoms with van der Waals surface area (Å²) in [6.07, 6.45) is 3.12. The molecule has 0 saturated carbocycles. The number of nitrogens with one attached hydrogen (secondary N) is 2. The van der Waals surface area contributed by atoms with E-state index in [0.29, 0.717) is 44.6 Å². The second-order valence-electron chi connectivity index (χ2n) is 6.65. The number of amides is 2. The molecule has 142 valence electrons. The van der Waals surface area contributed by atoms with Crippen LogP contribution in [-0.2, 0) is 9.53 Å². The second-order valence-corrected chi connectivity index (χ2v) is 6.65. The quantitative estimate of drug-likeness (QED) is 0.699. The Morgan fingerprint density at radius 3 is 2.69 bits per heavy atom. The van der Waals surface area contributed by atoms with Crippen LogP contribution in [0.15, 0.2) is 36.9 Å². The molecule has 1 aliphatic heterocycles. The number of ether oxygens (including phenoxy) is 1. The highest BCUT2D eigenvalue weighted by Crippen LogP contribution is 2.22. The Bertz CT molecular complexity index is 624. The van der Waals surface area contributed by atoms with Crippen molar-refractivity contribution in [3.8, 4) is 0 Å². The molecule has 1 fully saturated rings. The molecule has 1 aromatic carbocycles. The molecule has 1 atom stereocenters. The lowest BCUT2D eigenvalue weighted by Crippen LogP contribution is -2.45. The first-order chi connectivity index (χ1) is 12.6. The Labute approximate surface area is 155 Å². The third-order valence-electron chi connectivity index (χ3n) is 4.55. The number of hydrogen-bond donors (Lipinski definition) is 2. The molecule has 0 aromatic heterocycles. The minimum absolute atomic E-state index is 0.00349. The Kier molecular flexibility index (Phi) is 7.66. The number of para-hydroxylation sites is 1. The van der Waals surface area contributed by atoms with Crippen molar-refractivity contribution in [1.82, 2.24) is 10.2 Å². The van der Waals surface area contributed by atoms with Gasteiger partial charge in [0.05, 0.1) is 12.2 Å². The highest BCUT2D eigenvalue weighted by molar-refractivity contribution is 5.99. The molecule has 0 radical (unpaired) electrons. The number of carbonyl (C=O) groups excluding carboxylic acids is 2. The lowest BCUT2D eigenvalue weighted by molar-refractivity contribution is -0.127. The van der Waals surface area contributed by atoms with E-state index in [1.54, 1.807) is 13.2 Å². The molecule has 6 nitrogen and oxygen atoms in total. The lowest BCUT2D eigenvalue weighted by atomic mass is 9.95. The summed E-state index contributed by atoms with van der Waals surface area (Å²) in [5.41, 5.74) is 1.47. The molecule has 2 N–H and O–H groups in total. The molecule has 1 heterocycles. The number of nitrogens with zero attached hydrogens (tertiary/aromatic N) is 1. The van der Waals surface area contributed by atoms with E-state index in [9.17, 15) is 9.59 Å². The van der Waals surface area contributed by atoms with Gasteiger partial charge in [0.25, 0.3) is 5.91 Å².